The van der Waals surface area contributed by atoms with Gasteiger partial charge >= 0.3 is 0 Å². The number of carbonyl (C=O) groups excluding carboxylic acids is 1. The molecule has 2 rings (SSSR count). The summed E-state index contributed by atoms with van der Waals surface area (Å²) in [7, 11) is 0. The molecule has 3 N–H and O–H groups in total. The van der Waals surface area contributed by atoms with E-state index in [1.807, 2.05) is 19.9 Å². The summed E-state index contributed by atoms with van der Waals surface area (Å²) >= 11 is 0. The van der Waals surface area contributed by atoms with Crippen LogP contribution in [0.3, 0.4) is 0 Å². The molecule has 1 aromatic carbocycles. The molecule has 0 saturated carbocycles. The third-order valence-electron chi connectivity index (χ3n) is 3.25. The summed E-state index contributed by atoms with van der Waals surface area (Å²) < 4.78 is 0. The Bertz CT molecular complexity index is 748. The van der Waals surface area contributed by atoms with Crippen molar-refractivity contribution < 1.29 is 9.72 Å². The summed E-state index contributed by atoms with van der Waals surface area (Å²) in [6, 6.07) is 7.30. The van der Waals surface area contributed by atoms with Crippen molar-refractivity contribution in [2.75, 3.05) is 30.3 Å². The molecule has 9 heteroatoms. The second kappa shape index (κ2) is 8.57. The van der Waals surface area contributed by atoms with E-state index in [4.69, 9.17) is 0 Å². The molecule has 1 amide bonds. The van der Waals surface area contributed by atoms with Crippen LogP contribution in [0.25, 0.3) is 0 Å². The molecule has 0 aliphatic heterocycles. The lowest BCUT2D eigenvalue weighted by Gasteiger charge is -2.09. The van der Waals surface area contributed by atoms with E-state index in [0.29, 0.717) is 24.6 Å². The molecule has 0 spiro atoms. The van der Waals surface area contributed by atoms with Gasteiger partial charge in [-0.2, -0.15) is 4.98 Å². The van der Waals surface area contributed by atoms with Gasteiger partial charge < -0.3 is 16.0 Å². The predicted octanol–water partition coefficient (Wildman–Crippen LogP) is 1.97. The van der Waals surface area contributed by atoms with Crippen LogP contribution in [0, 0.1) is 17.0 Å². The monoisotopic (exact) mass is 344 g/mol. The first-order chi connectivity index (χ1) is 12.0. The van der Waals surface area contributed by atoms with Crippen LogP contribution in [0.15, 0.2) is 30.3 Å². The number of nitrogens with zero attached hydrogens (tertiary/aromatic N) is 3. The number of nitrogens with one attached hydrogen (secondary N) is 3. The molecule has 0 fully saturated rings. The number of nitro benzene ring substituents is 1. The molecular weight excluding hydrogens is 324 g/mol. The summed E-state index contributed by atoms with van der Waals surface area (Å²) in [4.78, 5) is 30.7. The van der Waals surface area contributed by atoms with Gasteiger partial charge in [-0.1, -0.05) is 0 Å². The van der Waals surface area contributed by atoms with Crippen LogP contribution >= 0.6 is 0 Å². The Labute approximate surface area is 145 Å². The zero-order valence-electron chi connectivity index (χ0n) is 14.1. The minimum atomic E-state index is -0.505. The van der Waals surface area contributed by atoms with E-state index in [9.17, 15) is 14.9 Å². The largest absolute Gasteiger partial charge is 0.370 e. The van der Waals surface area contributed by atoms with Crippen LogP contribution in [0.5, 0.6) is 0 Å². The van der Waals surface area contributed by atoms with Gasteiger partial charge in [0.05, 0.1) is 4.92 Å². The number of carbonyl (C=O) groups is 1. The Morgan fingerprint density at radius 3 is 2.52 bits per heavy atom. The normalized spacial score (nSPS) is 10.2. The van der Waals surface area contributed by atoms with Crippen LogP contribution in [0.4, 0.5) is 17.5 Å². The second-order valence-electron chi connectivity index (χ2n) is 5.24. The molecule has 9 nitrogen and oxygen atoms in total. The molecule has 25 heavy (non-hydrogen) atoms. The Kier molecular flexibility index (Phi) is 6.21. The summed E-state index contributed by atoms with van der Waals surface area (Å²) in [5.74, 6) is 0.933. The lowest BCUT2D eigenvalue weighted by molar-refractivity contribution is -0.384. The molecule has 0 radical (unpaired) electrons. The van der Waals surface area contributed by atoms with Crippen LogP contribution in [0.2, 0.25) is 0 Å². The Balaban J connectivity index is 1.82. The van der Waals surface area contributed by atoms with Crippen LogP contribution < -0.4 is 16.0 Å². The smallest absolute Gasteiger partial charge is 0.269 e. The van der Waals surface area contributed by atoms with Crippen molar-refractivity contribution in [3.63, 3.8) is 0 Å². The fraction of sp³-hybridized carbons (Fsp3) is 0.312. The summed E-state index contributed by atoms with van der Waals surface area (Å²) in [5, 5.41) is 19.5. The number of rotatable bonds is 8. The maximum absolute atomic E-state index is 12.0. The molecule has 0 atom stereocenters. The molecule has 1 heterocycles. The number of hydrogen-bond donors (Lipinski definition) is 3. The number of aromatic nitrogens is 2. The van der Waals surface area contributed by atoms with Gasteiger partial charge in [0.1, 0.15) is 5.82 Å². The zero-order valence-corrected chi connectivity index (χ0v) is 14.1. The number of benzene rings is 1. The zero-order chi connectivity index (χ0) is 18.2. The standard InChI is InChI=1S/C16H20N6O3/c1-3-17-14-10-11(2)20-16(21-14)19-9-8-18-15(23)12-4-6-13(7-5-12)22(24)25/h4-7,10H,3,8-9H2,1-2H3,(H,18,23)(H2,17,19,20,21). The van der Waals surface area contributed by atoms with Gasteiger partial charge in [0.2, 0.25) is 5.95 Å². The Morgan fingerprint density at radius 1 is 1.16 bits per heavy atom. The Hall–Kier alpha value is -3.23. The molecule has 2 aromatic rings. The number of aryl methyl sites for hydroxylation is 1. The van der Waals surface area contributed by atoms with Crippen molar-refractivity contribution in [2.24, 2.45) is 0 Å². The van der Waals surface area contributed by atoms with E-state index in [-0.39, 0.29) is 11.6 Å². The lowest BCUT2D eigenvalue weighted by atomic mass is 10.2. The van der Waals surface area contributed by atoms with Crippen molar-refractivity contribution in [3.8, 4) is 0 Å². The van der Waals surface area contributed by atoms with Gasteiger partial charge in [0.25, 0.3) is 11.6 Å². The number of anilines is 2. The van der Waals surface area contributed by atoms with E-state index >= 15 is 0 Å². The molecule has 0 unspecified atom stereocenters. The number of nitro groups is 1. The molecule has 0 aliphatic carbocycles. The van der Waals surface area contributed by atoms with Crippen molar-refractivity contribution in [1.29, 1.82) is 0 Å². The maximum Gasteiger partial charge on any atom is 0.269 e. The van der Waals surface area contributed by atoms with Crippen LogP contribution in [-0.4, -0.2) is 40.4 Å². The van der Waals surface area contributed by atoms with Crippen LogP contribution in [0.1, 0.15) is 23.0 Å². The predicted molar refractivity (Wildman–Crippen MR) is 94.9 cm³/mol. The van der Waals surface area contributed by atoms with Gasteiger partial charge in [-0.25, -0.2) is 4.98 Å². The van der Waals surface area contributed by atoms with E-state index in [0.717, 1.165) is 18.1 Å². The average molecular weight is 344 g/mol. The first kappa shape index (κ1) is 18.1. The SMILES string of the molecule is CCNc1cc(C)nc(NCCNC(=O)c2ccc([N+](=O)[O-])cc2)n1. The van der Waals surface area contributed by atoms with Crippen LogP contribution in [-0.2, 0) is 0 Å². The Morgan fingerprint density at radius 2 is 1.88 bits per heavy atom. The van der Waals surface area contributed by atoms with Gasteiger partial charge in [0.15, 0.2) is 0 Å². The highest BCUT2D eigenvalue weighted by Crippen LogP contribution is 2.12. The minimum absolute atomic E-state index is 0.0497. The highest BCUT2D eigenvalue weighted by atomic mass is 16.6. The molecular formula is C16H20N6O3. The third-order valence-corrected chi connectivity index (χ3v) is 3.25. The van der Waals surface area contributed by atoms with E-state index < -0.39 is 4.92 Å². The van der Waals surface area contributed by atoms with E-state index in [1.165, 1.54) is 24.3 Å². The fourth-order valence-electron chi connectivity index (χ4n) is 2.11. The average Bonchev–Trinajstić information content (AvgIpc) is 2.58. The summed E-state index contributed by atoms with van der Waals surface area (Å²) in [6.45, 7) is 5.45. The van der Waals surface area contributed by atoms with Crippen molar-refractivity contribution in [3.05, 3.63) is 51.7 Å². The molecule has 132 valence electrons. The van der Waals surface area contributed by atoms with Crippen molar-refractivity contribution >= 4 is 23.4 Å². The maximum atomic E-state index is 12.0. The van der Waals surface area contributed by atoms with Crippen molar-refractivity contribution in [2.45, 2.75) is 13.8 Å². The molecule has 0 aliphatic rings. The highest BCUT2D eigenvalue weighted by molar-refractivity contribution is 5.94. The molecule has 0 saturated heterocycles. The fourth-order valence-corrected chi connectivity index (χ4v) is 2.11. The number of hydrogen-bond acceptors (Lipinski definition) is 7. The van der Waals surface area contributed by atoms with Gasteiger partial charge in [-0.15, -0.1) is 0 Å². The number of non-ortho nitro benzene ring substituents is 1. The van der Waals surface area contributed by atoms with Crippen molar-refractivity contribution in [1.82, 2.24) is 15.3 Å². The highest BCUT2D eigenvalue weighted by Gasteiger charge is 2.09. The van der Waals surface area contributed by atoms with E-state index in [2.05, 4.69) is 25.9 Å². The first-order valence-electron chi connectivity index (χ1n) is 7.85. The second-order valence-corrected chi connectivity index (χ2v) is 5.24. The topological polar surface area (TPSA) is 122 Å². The minimum Gasteiger partial charge on any atom is -0.370 e. The van der Waals surface area contributed by atoms with Gasteiger partial charge in [-0.3, -0.25) is 14.9 Å². The first-order valence-corrected chi connectivity index (χ1v) is 7.85. The third kappa shape index (κ3) is 5.41. The molecule has 0 bridgehead atoms. The molecule has 1 aromatic heterocycles. The summed E-state index contributed by atoms with van der Waals surface area (Å²) in [5.41, 5.74) is 1.15. The van der Waals surface area contributed by atoms with Gasteiger partial charge in [0, 0.05) is 49.1 Å². The lowest BCUT2D eigenvalue weighted by Crippen LogP contribution is -2.29. The number of amides is 1. The van der Waals surface area contributed by atoms with Gasteiger partial charge in [-0.05, 0) is 26.0 Å². The summed E-state index contributed by atoms with van der Waals surface area (Å²) in [6.07, 6.45) is 0. The van der Waals surface area contributed by atoms with E-state index in [1.54, 1.807) is 0 Å². The quantitative estimate of drug-likeness (QED) is 0.380.